The molecule has 1 saturated heterocycles. The Labute approximate surface area is 222 Å². The first-order valence-electron chi connectivity index (χ1n) is 12.3. The van der Waals surface area contributed by atoms with Crippen LogP contribution in [0.2, 0.25) is 0 Å². The number of nitrogens with zero attached hydrogens (tertiary/aromatic N) is 4. The maximum absolute atomic E-state index is 14.0. The molecule has 4 aromatic rings. The monoisotopic (exact) mass is 533 g/mol. The second-order valence-corrected chi connectivity index (χ2v) is 11.5. The lowest BCUT2D eigenvalue weighted by molar-refractivity contribution is 0.0586. The Bertz CT molecular complexity index is 1450. The van der Waals surface area contributed by atoms with Gasteiger partial charge in [0.15, 0.2) is 10.9 Å². The van der Waals surface area contributed by atoms with E-state index >= 15 is 0 Å². The van der Waals surface area contributed by atoms with Crippen molar-refractivity contribution in [3.63, 3.8) is 0 Å². The Kier molecular flexibility index (Phi) is 6.29. The van der Waals surface area contributed by atoms with Gasteiger partial charge in [0, 0.05) is 26.7 Å². The lowest BCUT2D eigenvalue weighted by atomic mass is 9.98. The minimum Gasteiger partial charge on any atom is -0.409 e. The smallest absolute Gasteiger partial charge is 0.409 e. The molecule has 2 aliphatic rings. The molecule has 1 aliphatic heterocycles. The number of hydrogen-bond acceptors (Lipinski definition) is 8. The number of amides is 2. The number of aromatic nitrogens is 2. The van der Waals surface area contributed by atoms with E-state index in [2.05, 4.69) is 10.3 Å². The van der Waals surface area contributed by atoms with Crippen molar-refractivity contribution in [2.24, 2.45) is 5.92 Å². The number of ether oxygens (including phenoxy) is 1. The molecule has 2 bridgehead atoms. The fraction of sp³-hybridized carbons (Fsp3) is 0.333. The van der Waals surface area contributed by atoms with E-state index < -0.39 is 6.09 Å². The van der Waals surface area contributed by atoms with Crippen LogP contribution in [0.15, 0.2) is 54.0 Å². The Morgan fingerprint density at radius 2 is 1.97 bits per heavy atom. The van der Waals surface area contributed by atoms with Gasteiger partial charge in [-0.2, -0.15) is 0 Å². The highest BCUT2D eigenvalue weighted by atomic mass is 32.1. The summed E-state index contributed by atoms with van der Waals surface area (Å²) < 4.78 is 6.45. The zero-order valence-corrected chi connectivity index (χ0v) is 22.2. The topological polar surface area (TPSA) is 87.7 Å². The van der Waals surface area contributed by atoms with E-state index in [9.17, 15) is 9.59 Å². The minimum absolute atomic E-state index is 0.0648. The summed E-state index contributed by atoms with van der Waals surface area (Å²) in [7, 11) is 3.87. The van der Waals surface area contributed by atoms with E-state index in [0.29, 0.717) is 23.9 Å². The summed E-state index contributed by atoms with van der Waals surface area (Å²) in [6.07, 6.45) is 2.47. The first kappa shape index (κ1) is 23.9. The van der Waals surface area contributed by atoms with Crippen molar-refractivity contribution in [3.8, 4) is 16.2 Å². The lowest BCUT2D eigenvalue weighted by Gasteiger charge is -2.35. The Hall–Kier alpha value is -3.50. The van der Waals surface area contributed by atoms with Gasteiger partial charge in [-0.25, -0.2) is 14.8 Å². The highest BCUT2D eigenvalue weighted by Gasteiger charge is 2.49. The van der Waals surface area contributed by atoms with E-state index in [-0.39, 0.29) is 18.0 Å². The third kappa shape index (κ3) is 4.44. The van der Waals surface area contributed by atoms with Crippen LogP contribution in [0.5, 0.6) is 5.75 Å². The zero-order chi connectivity index (χ0) is 25.5. The zero-order valence-electron chi connectivity index (χ0n) is 20.6. The van der Waals surface area contributed by atoms with Gasteiger partial charge in [-0.1, -0.05) is 47.7 Å². The van der Waals surface area contributed by atoms with Crippen LogP contribution in [0.4, 0.5) is 9.93 Å². The number of anilines is 1. The number of rotatable bonds is 6. The number of thiazole rings is 2. The lowest BCUT2D eigenvalue weighted by Crippen LogP contribution is -2.50. The van der Waals surface area contributed by atoms with Gasteiger partial charge in [-0.05, 0) is 42.9 Å². The molecule has 2 aromatic heterocycles. The molecule has 1 aliphatic carbocycles. The van der Waals surface area contributed by atoms with Crippen molar-refractivity contribution in [2.75, 3.05) is 25.5 Å². The molecule has 8 nitrogen and oxygen atoms in total. The first-order valence-corrected chi connectivity index (χ1v) is 14.0. The number of benzene rings is 2. The fourth-order valence-corrected chi connectivity index (χ4v) is 7.21. The third-order valence-electron chi connectivity index (χ3n) is 7.19. The van der Waals surface area contributed by atoms with Gasteiger partial charge in [0.05, 0.1) is 26.6 Å². The molecular weight excluding hydrogens is 506 g/mol. The largest absolute Gasteiger partial charge is 0.412 e. The van der Waals surface area contributed by atoms with Gasteiger partial charge in [0.25, 0.3) is 5.91 Å². The molecule has 1 N–H and O–H groups in total. The fourth-order valence-electron chi connectivity index (χ4n) is 5.49. The molecular formula is C27H27N5O3S2. The van der Waals surface area contributed by atoms with Crippen LogP contribution in [-0.4, -0.2) is 59.6 Å². The molecule has 0 radical (unpaired) electrons. The first-order chi connectivity index (χ1) is 18.0. The highest BCUT2D eigenvalue weighted by molar-refractivity contribution is 7.19. The standard InChI is InChI=1S/C27H27N5O3S2/c1-31(2)26-30-22(23(37-26)16-7-4-3-5-8-16)25(33)32-18-12-11-17(13-18)20(32)14-28-27(34)35-21-10-6-9-19-24(21)36-15-29-19/h3-10,15,17-18,20H,11-14H2,1-2H3,(H,28,34)/t17-,18+,20+/m0/s1. The number of nitrogens with one attached hydrogen (secondary N) is 1. The van der Waals surface area contributed by atoms with E-state index in [4.69, 9.17) is 9.72 Å². The van der Waals surface area contributed by atoms with E-state index in [1.165, 1.54) is 22.7 Å². The van der Waals surface area contributed by atoms with Gasteiger partial charge < -0.3 is 19.9 Å². The predicted octanol–water partition coefficient (Wildman–Crippen LogP) is 5.27. The molecule has 10 heteroatoms. The number of likely N-dealkylation sites (tertiary alicyclic amines) is 1. The quantitative estimate of drug-likeness (QED) is 0.363. The molecule has 37 heavy (non-hydrogen) atoms. The van der Waals surface area contributed by atoms with Crippen molar-refractivity contribution in [1.29, 1.82) is 0 Å². The SMILES string of the molecule is CN(C)c1nc(C(=O)N2[C@@H]3CC[C@@H](C3)[C@H]2CNC(=O)Oc2cccc3ncsc23)c(-c2ccccc2)s1. The molecule has 3 atom stereocenters. The maximum Gasteiger partial charge on any atom is 0.412 e. The molecule has 6 rings (SSSR count). The summed E-state index contributed by atoms with van der Waals surface area (Å²) in [5, 5.41) is 3.72. The molecule has 190 valence electrons. The van der Waals surface area contributed by atoms with Gasteiger partial charge in [-0.15, -0.1) is 11.3 Å². The molecule has 2 aromatic carbocycles. The molecule has 3 heterocycles. The van der Waals surface area contributed by atoms with Crippen molar-refractivity contribution in [3.05, 3.63) is 59.7 Å². The average Bonchev–Trinajstić information content (AvgIpc) is 3.70. The molecule has 1 saturated carbocycles. The normalized spacial score (nSPS) is 20.4. The van der Waals surface area contributed by atoms with Crippen LogP contribution in [-0.2, 0) is 0 Å². The number of piperidine rings is 1. The number of carbonyl (C=O) groups is 2. The number of fused-ring (bicyclic) bond motifs is 3. The van der Waals surface area contributed by atoms with Crippen LogP contribution in [0.1, 0.15) is 29.8 Å². The maximum atomic E-state index is 14.0. The van der Waals surface area contributed by atoms with Gasteiger partial charge in [0.1, 0.15) is 5.69 Å². The average molecular weight is 534 g/mol. The summed E-state index contributed by atoms with van der Waals surface area (Å²) in [6, 6.07) is 15.5. The summed E-state index contributed by atoms with van der Waals surface area (Å²) in [5.41, 5.74) is 4.00. The second-order valence-electron chi connectivity index (χ2n) is 9.67. The van der Waals surface area contributed by atoms with E-state index in [1.54, 1.807) is 11.6 Å². The van der Waals surface area contributed by atoms with Crippen LogP contribution in [0, 0.1) is 5.92 Å². The Morgan fingerprint density at radius 1 is 1.14 bits per heavy atom. The van der Waals surface area contributed by atoms with E-state index in [1.807, 2.05) is 66.4 Å². The van der Waals surface area contributed by atoms with Gasteiger partial charge in [-0.3, -0.25) is 4.79 Å². The van der Waals surface area contributed by atoms with Crippen molar-refractivity contribution < 1.29 is 14.3 Å². The van der Waals surface area contributed by atoms with Gasteiger partial charge >= 0.3 is 6.09 Å². The van der Waals surface area contributed by atoms with Crippen LogP contribution < -0.4 is 15.0 Å². The van der Waals surface area contributed by atoms with Crippen molar-refractivity contribution in [2.45, 2.75) is 31.3 Å². The minimum atomic E-state index is -0.524. The molecule has 0 spiro atoms. The van der Waals surface area contributed by atoms with Crippen LogP contribution in [0.3, 0.4) is 0 Å². The Balaban J connectivity index is 1.22. The number of hydrogen-bond donors (Lipinski definition) is 1. The molecule has 2 fully saturated rings. The Morgan fingerprint density at radius 3 is 2.78 bits per heavy atom. The second kappa shape index (κ2) is 9.75. The summed E-state index contributed by atoms with van der Waals surface area (Å²) in [4.78, 5) is 40.6. The summed E-state index contributed by atoms with van der Waals surface area (Å²) in [6.45, 7) is 0.343. The summed E-state index contributed by atoms with van der Waals surface area (Å²) in [5.74, 6) is 0.779. The van der Waals surface area contributed by atoms with E-state index in [0.717, 1.165) is 45.1 Å². The third-order valence-corrected chi connectivity index (χ3v) is 9.32. The highest BCUT2D eigenvalue weighted by Crippen LogP contribution is 2.44. The predicted molar refractivity (Wildman–Crippen MR) is 147 cm³/mol. The molecule has 2 amide bonds. The molecule has 0 unspecified atom stereocenters. The number of carbonyl (C=O) groups excluding carboxylic acids is 2. The van der Waals surface area contributed by atoms with Crippen LogP contribution in [0.25, 0.3) is 20.7 Å². The van der Waals surface area contributed by atoms with Crippen LogP contribution >= 0.6 is 22.7 Å². The summed E-state index contributed by atoms with van der Waals surface area (Å²) >= 11 is 2.96. The van der Waals surface area contributed by atoms with Gasteiger partial charge in [0.2, 0.25) is 0 Å². The van der Waals surface area contributed by atoms with Crippen molar-refractivity contribution in [1.82, 2.24) is 20.2 Å². The van der Waals surface area contributed by atoms with Crippen molar-refractivity contribution >= 4 is 50.0 Å².